The summed E-state index contributed by atoms with van der Waals surface area (Å²) in [5.74, 6) is 1.21. The number of aromatic nitrogens is 1. The van der Waals surface area contributed by atoms with E-state index in [2.05, 4.69) is 36.5 Å². The molecular formula is C44H50N4O11S. The second-order valence-electron chi connectivity index (χ2n) is 13.6. The maximum absolute atomic E-state index is 12.6. The van der Waals surface area contributed by atoms with Crippen molar-refractivity contribution >= 4 is 35.5 Å². The van der Waals surface area contributed by atoms with Crippen LogP contribution in [-0.2, 0) is 44.7 Å². The molecule has 16 heteroatoms. The number of Topliss-reactive ketones (excluding diaryl/α,β-unsaturated/α-hetero) is 1. The molecule has 3 aromatic carbocycles. The molecule has 0 bridgehead atoms. The topological polar surface area (TPSA) is 197 Å². The van der Waals surface area contributed by atoms with Crippen molar-refractivity contribution in [3.8, 4) is 17.2 Å². The number of azo groups is 1. The molecule has 1 aliphatic carbocycles. The number of carbonyl (C=O) groups excluding carboxylic acids is 2. The highest BCUT2D eigenvalue weighted by atomic mass is 32.2. The van der Waals surface area contributed by atoms with Gasteiger partial charge in [-0.3, -0.25) is 14.4 Å². The molecule has 60 heavy (non-hydrogen) atoms. The van der Waals surface area contributed by atoms with Crippen molar-refractivity contribution in [2.75, 3.05) is 39.6 Å². The lowest BCUT2D eigenvalue weighted by Crippen LogP contribution is -2.27. The molecule has 0 fully saturated rings. The molecule has 1 aliphatic rings. The van der Waals surface area contributed by atoms with Gasteiger partial charge in [0.15, 0.2) is 11.6 Å². The fourth-order valence-corrected chi connectivity index (χ4v) is 6.98. The molecule has 5 rings (SSSR count). The van der Waals surface area contributed by atoms with Crippen LogP contribution in [0.2, 0.25) is 0 Å². The molecule has 4 aromatic rings. The Kier molecular flexibility index (Phi) is 19.0. The highest BCUT2D eigenvalue weighted by Gasteiger charge is 2.22. The Morgan fingerprint density at radius 1 is 0.867 bits per heavy atom. The fraction of sp³-hybridized carbons (Fsp3) is 0.364. The van der Waals surface area contributed by atoms with E-state index in [-0.39, 0.29) is 57.4 Å². The molecule has 0 radical (unpaired) electrons. The number of ether oxygens (including phenoxy) is 4. The molecule has 15 nitrogen and oxygen atoms in total. The standard InChI is InChI=1S/C44H50N4O11S/c1-2-10-35-33-12-8-13-37(49)34(33)18-20-40(35)56-25-7-3-6-24-55-38-14-9-15-39(36(38)19-22-43(50)51)57-28-27-54-26-23-45-44(52)32-17-21-42(46-29-32)48-47-30-31-11-4-5-16-41(31)60-59-58-53/h2,4-5,9,11,14-18,20-21,29,53H,1,3,6-8,10,12-13,19,22-28,30H2,(H,45,52)(H,50,51). The minimum atomic E-state index is -0.921. The van der Waals surface area contributed by atoms with Crippen molar-refractivity contribution in [3.63, 3.8) is 0 Å². The number of allylic oxidation sites excluding steroid dienone is 1. The number of nitrogens with one attached hydrogen (secondary N) is 1. The third-order valence-corrected chi connectivity index (χ3v) is 10.1. The fourth-order valence-electron chi connectivity index (χ4n) is 6.50. The number of benzene rings is 3. The van der Waals surface area contributed by atoms with E-state index in [1.54, 1.807) is 24.3 Å². The first-order valence-corrected chi connectivity index (χ1v) is 20.5. The summed E-state index contributed by atoms with van der Waals surface area (Å²) >= 11 is 0.840. The van der Waals surface area contributed by atoms with Gasteiger partial charge in [0.1, 0.15) is 23.9 Å². The van der Waals surface area contributed by atoms with Gasteiger partial charge in [-0.2, -0.15) is 5.11 Å². The second-order valence-corrected chi connectivity index (χ2v) is 14.3. The minimum absolute atomic E-state index is 0.0783. The summed E-state index contributed by atoms with van der Waals surface area (Å²) in [5, 5.41) is 32.5. The molecular weight excluding hydrogens is 793 g/mol. The lowest BCUT2D eigenvalue weighted by molar-refractivity contribution is -0.432. The molecule has 3 N–H and O–H groups in total. The average molecular weight is 843 g/mol. The highest BCUT2D eigenvalue weighted by Crippen LogP contribution is 2.33. The van der Waals surface area contributed by atoms with Gasteiger partial charge in [-0.05, 0) is 98.5 Å². The van der Waals surface area contributed by atoms with Crippen molar-refractivity contribution in [2.45, 2.75) is 69.2 Å². The van der Waals surface area contributed by atoms with E-state index < -0.39 is 5.97 Å². The molecule has 318 valence electrons. The number of fused-ring (bicyclic) bond motifs is 1. The van der Waals surface area contributed by atoms with Crippen LogP contribution in [0.1, 0.15) is 81.5 Å². The molecule has 1 amide bonds. The van der Waals surface area contributed by atoms with Gasteiger partial charge in [0.25, 0.3) is 5.91 Å². The molecule has 0 aliphatic heterocycles. The number of nitrogens with zero attached hydrogens (tertiary/aromatic N) is 3. The van der Waals surface area contributed by atoms with Crippen LogP contribution >= 0.6 is 12.0 Å². The molecule has 0 unspecified atom stereocenters. The summed E-state index contributed by atoms with van der Waals surface area (Å²) in [7, 11) is 0. The Hall–Kier alpha value is -5.65. The van der Waals surface area contributed by atoms with Crippen LogP contribution in [0, 0.1) is 0 Å². The van der Waals surface area contributed by atoms with Crippen LogP contribution in [-0.4, -0.2) is 72.6 Å². The highest BCUT2D eigenvalue weighted by molar-refractivity contribution is 7.94. The first kappa shape index (κ1) is 45.4. The predicted molar refractivity (Wildman–Crippen MR) is 223 cm³/mol. The molecule has 0 atom stereocenters. The van der Waals surface area contributed by atoms with E-state index in [1.807, 2.05) is 48.5 Å². The smallest absolute Gasteiger partial charge is 0.303 e. The van der Waals surface area contributed by atoms with E-state index in [0.29, 0.717) is 59.4 Å². The summed E-state index contributed by atoms with van der Waals surface area (Å²) in [6.07, 6.45) is 8.88. The molecule has 0 saturated heterocycles. The Balaban J connectivity index is 0.989. The Morgan fingerprint density at radius 3 is 2.37 bits per heavy atom. The third-order valence-electron chi connectivity index (χ3n) is 9.42. The van der Waals surface area contributed by atoms with Gasteiger partial charge in [0.05, 0.1) is 50.6 Å². The predicted octanol–water partition coefficient (Wildman–Crippen LogP) is 8.51. The number of ketones is 1. The van der Waals surface area contributed by atoms with Crippen LogP contribution < -0.4 is 19.5 Å². The van der Waals surface area contributed by atoms with E-state index in [1.165, 1.54) is 6.20 Å². The normalized spacial score (nSPS) is 12.2. The van der Waals surface area contributed by atoms with Crippen LogP contribution in [0.3, 0.4) is 0 Å². The summed E-state index contributed by atoms with van der Waals surface area (Å²) in [5.41, 5.74) is 4.80. The van der Waals surface area contributed by atoms with Crippen molar-refractivity contribution in [3.05, 3.63) is 119 Å². The van der Waals surface area contributed by atoms with Crippen LogP contribution in [0.25, 0.3) is 0 Å². The minimum Gasteiger partial charge on any atom is -0.493 e. The maximum atomic E-state index is 12.6. The number of pyridine rings is 1. The number of carboxylic acids is 1. The lowest BCUT2D eigenvalue weighted by Gasteiger charge is -2.21. The molecule has 1 heterocycles. The summed E-state index contributed by atoms with van der Waals surface area (Å²) < 4.78 is 28.4. The number of aliphatic carboxylic acids is 1. The van der Waals surface area contributed by atoms with Crippen molar-refractivity contribution < 1.29 is 53.1 Å². The largest absolute Gasteiger partial charge is 0.493 e. The molecule has 0 spiro atoms. The number of carbonyl (C=O) groups is 3. The van der Waals surface area contributed by atoms with E-state index in [9.17, 15) is 19.5 Å². The van der Waals surface area contributed by atoms with Gasteiger partial charge in [-0.25, -0.2) is 10.2 Å². The van der Waals surface area contributed by atoms with Crippen molar-refractivity contribution in [1.29, 1.82) is 0 Å². The van der Waals surface area contributed by atoms with Crippen LogP contribution in [0.5, 0.6) is 17.2 Å². The Bertz CT molecular complexity index is 2060. The van der Waals surface area contributed by atoms with Crippen LogP contribution in [0.4, 0.5) is 5.82 Å². The summed E-state index contributed by atoms with van der Waals surface area (Å²) in [4.78, 5) is 41.3. The maximum Gasteiger partial charge on any atom is 0.303 e. The Morgan fingerprint density at radius 2 is 1.63 bits per heavy atom. The number of rotatable bonds is 27. The van der Waals surface area contributed by atoms with Gasteiger partial charge in [0.2, 0.25) is 0 Å². The van der Waals surface area contributed by atoms with Gasteiger partial charge in [-0.15, -0.1) is 16.0 Å². The van der Waals surface area contributed by atoms with Gasteiger partial charge >= 0.3 is 5.97 Å². The number of amides is 1. The zero-order valence-electron chi connectivity index (χ0n) is 33.3. The number of hydrogen-bond donors (Lipinski definition) is 3. The van der Waals surface area contributed by atoms with Crippen LogP contribution in [0.15, 0.2) is 101 Å². The van der Waals surface area contributed by atoms with Crippen molar-refractivity contribution in [2.24, 2.45) is 10.2 Å². The van der Waals surface area contributed by atoms with Crippen molar-refractivity contribution in [1.82, 2.24) is 10.3 Å². The number of unbranched alkanes of at least 4 members (excludes halogenated alkanes) is 2. The second kappa shape index (κ2) is 25.1. The van der Waals surface area contributed by atoms with Gasteiger partial charge in [0, 0.05) is 47.2 Å². The average Bonchev–Trinajstić information content (AvgIpc) is 3.25. The SMILES string of the molecule is C=CCc1c(OCCCCCOc2cccc(OCCOCCNC(=O)c3ccc(N=NCc4ccccc4SOOO)nc3)c2CCC(=O)O)ccc2c1CCCC2=O. The zero-order valence-corrected chi connectivity index (χ0v) is 34.2. The zero-order chi connectivity index (χ0) is 42.4. The monoisotopic (exact) mass is 842 g/mol. The lowest BCUT2D eigenvalue weighted by atomic mass is 9.86. The first-order valence-electron chi connectivity index (χ1n) is 19.8. The number of hydrogen-bond acceptors (Lipinski definition) is 14. The molecule has 0 saturated carbocycles. The summed E-state index contributed by atoms with van der Waals surface area (Å²) in [6.45, 7) is 6.07. The third kappa shape index (κ3) is 14.3. The van der Waals surface area contributed by atoms with E-state index in [4.69, 9.17) is 24.2 Å². The van der Waals surface area contributed by atoms with E-state index in [0.717, 1.165) is 72.2 Å². The quantitative estimate of drug-likeness (QED) is 0.0129. The van der Waals surface area contributed by atoms with Gasteiger partial charge in [-0.1, -0.05) is 35.4 Å². The number of carboxylic acid groups (broad SMARTS) is 1. The molecule has 1 aromatic heterocycles. The summed E-state index contributed by atoms with van der Waals surface area (Å²) in [6, 6.07) is 19.6. The van der Waals surface area contributed by atoms with E-state index >= 15 is 0 Å². The first-order chi connectivity index (χ1) is 29.4. The Labute approximate surface area is 353 Å². The van der Waals surface area contributed by atoms with Gasteiger partial charge < -0.3 is 29.4 Å².